The van der Waals surface area contributed by atoms with Gasteiger partial charge in [0.15, 0.2) is 5.82 Å². The number of nitrogens with one attached hydrogen (secondary N) is 2. The fraction of sp³-hybridized carbons (Fsp3) is 0.300. The van der Waals surface area contributed by atoms with Crippen molar-refractivity contribution in [1.29, 1.82) is 0 Å². The van der Waals surface area contributed by atoms with Gasteiger partial charge in [-0.05, 0) is 30.5 Å². The normalized spacial score (nSPS) is 16.0. The number of aromatic nitrogens is 3. The van der Waals surface area contributed by atoms with Gasteiger partial charge in [0, 0.05) is 19.2 Å². The number of H-pyrrole nitrogens is 1. The Morgan fingerprint density at radius 1 is 1.10 bits per heavy atom. The molecule has 11 heteroatoms. The third-order valence-corrected chi connectivity index (χ3v) is 7.15. The minimum Gasteiger partial charge on any atom is -0.366 e. The molecule has 2 N–H and O–H groups in total. The summed E-state index contributed by atoms with van der Waals surface area (Å²) in [6.07, 6.45) is 3.92. The lowest BCUT2D eigenvalue weighted by molar-refractivity contribution is -0.384. The number of aromatic amines is 1. The summed E-state index contributed by atoms with van der Waals surface area (Å²) < 4.78 is 27.3. The molecule has 31 heavy (non-hydrogen) atoms. The number of hydrogen-bond donors (Lipinski definition) is 2. The maximum atomic E-state index is 13.0. The Bertz CT molecular complexity index is 1150. The van der Waals surface area contributed by atoms with Crippen LogP contribution < -0.4 is 5.32 Å². The van der Waals surface area contributed by atoms with Crippen molar-refractivity contribution >= 4 is 21.4 Å². The topological polar surface area (TPSA) is 134 Å². The Hall–Kier alpha value is -3.31. The highest BCUT2D eigenvalue weighted by molar-refractivity contribution is 7.89. The highest BCUT2D eigenvalue weighted by Gasteiger charge is 2.29. The molecule has 0 saturated carbocycles. The number of benzene rings is 2. The molecule has 1 aliphatic rings. The molecule has 4 rings (SSSR count). The second-order valence-electron chi connectivity index (χ2n) is 7.26. The van der Waals surface area contributed by atoms with Gasteiger partial charge in [0.1, 0.15) is 18.1 Å². The van der Waals surface area contributed by atoms with Gasteiger partial charge in [-0.3, -0.25) is 15.2 Å². The minimum atomic E-state index is -3.79. The van der Waals surface area contributed by atoms with E-state index < -0.39 is 21.0 Å². The van der Waals surface area contributed by atoms with E-state index in [-0.39, 0.29) is 16.3 Å². The lowest BCUT2D eigenvalue weighted by atomic mass is 10.1. The Morgan fingerprint density at radius 2 is 1.84 bits per heavy atom. The zero-order valence-electron chi connectivity index (χ0n) is 16.6. The first-order valence-corrected chi connectivity index (χ1v) is 11.4. The maximum absolute atomic E-state index is 13.0. The molecule has 0 unspecified atom stereocenters. The molecule has 2 heterocycles. The number of anilines is 1. The quantitative estimate of drug-likeness (QED) is 0.424. The van der Waals surface area contributed by atoms with Gasteiger partial charge in [-0.1, -0.05) is 36.8 Å². The van der Waals surface area contributed by atoms with E-state index >= 15 is 0 Å². The van der Waals surface area contributed by atoms with Gasteiger partial charge in [-0.2, -0.15) is 9.40 Å². The number of nitro benzene ring substituents is 1. The van der Waals surface area contributed by atoms with Crippen LogP contribution in [-0.2, 0) is 10.0 Å². The smallest absolute Gasteiger partial charge is 0.293 e. The molecule has 2 aromatic carbocycles. The highest BCUT2D eigenvalue weighted by atomic mass is 32.2. The van der Waals surface area contributed by atoms with E-state index in [1.807, 2.05) is 30.3 Å². The number of hydrogen-bond acceptors (Lipinski definition) is 7. The Kier molecular flexibility index (Phi) is 5.96. The third kappa shape index (κ3) is 4.42. The molecule has 1 atom stereocenters. The van der Waals surface area contributed by atoms with Crippen molar-refractivity contribution in [2.75, 3.05) is 18.4 Å². The predicted octanol–water partition coefficient (Wildman–Crippen LogP) is 3.09. The molecule has 3 aromatic rings. The van der Waals surface area contributed by atoms with Crippen molar-refractivity contribution in [1.82, 2.24) is 19.5 Å². The van der Waals surface area contributed by atoms with Gasteiger partial charge in [-0.25, -0.2) is 13.4 Å². The van der Waals surface area contributed by atoms with E-state index in [2.05, 4.69) is 20.5 Å². The van der Waals surface area contributed by atoms with Crippen molar-refractivity contribution in [2.24, 2.45) is 0 Å². The third-order valence-electron chi connectivity index (χ3n) is 5.26. The van der Waals surface area contributed by atoms with E-state index in [1.54, 1.807) is 0 Å². The van der Waals surface area contributed by atoms with Crippen molar-refractivity contribution in [3.63, 3.8) is 0 Å². The van der Waals surface area contributed by atoms with E-state index in [9.17, 15) is 18.5 Å². The van der Waals surface area contributed by atoms with Gasteiger partial charge in [0.25, 0.3) is 5.69 Å². The van der Waals surface area contributed by atoms with Crippen LogP contribution in [0.1, 0.15) is 36.7 Å². The van der Waals surface area contributed by atoms with Crippen LogP contribution in [0.4, 0.5) is 11.4 Å². The van der Waals surface area contributed by atoms with E-state index in [4.69, 9.17) is 0 Å². The van der Waals surface area contributed by atoms with Crippen molar-refractivity contribution in [3.8, 4) is 0 Å². The summed E-state index contributed by atoms with van der Waals surface area (Å²) in [5.74, 6) is 0.477. The summed E-state index contributed by atoms with van der Waals surface area (Å²) in [7, 11) is -3.79. The van der Waals surface area contributed by atoms with E-state index in [1.165, 1.54) is 22.8 Å². The summed E-state index contributed by atoms with van der Waals surface area (Å²) in [6, 6.07) is 12.7. The molecule has 0 amide bonds. The van der Waals surface area contributed by atoms with Crippen LogP contribution in [0.2, 0.25) is 0 Å². The van der Waals surface area contributed by atoms with E-state index in [0.717, 1.165) is 30.9 Å². The average molecular weight is 443 g/mol. The number of sulfonamides is 1. The van der Waals surface area contributed by atoms with Crippen molar-refractivity contribution in [3.05, 3.63) is 76.4 Å². The zero-order valence-corrected chi connectivity index (χ0v) is 17.5. The lowest BCUT2D eigenvalue weighted by Gasteiger charge is -2.26. The van der Waals surface area contributed by atoms with Crippen molar-refractivity contribution < 1.29 is 13.3 Å². The summed E-state index contributed by atoms with van der Waals surface area (Å²) in [6.45, 7) is 0.857. The SMILES string of the molecule is O=[N+]([O-])c1cc(S(=O)(=O)N2CCCCC2)ccc1N[C@@H](c1ccccc1)c1ncn[nH]1. The fourth-order valence-electron chi connectivity index (χ4n) is 3.66. The van der Waals surface area contributed by atoms with E-state index in [0.29, 0.717) is 18.9 Å². The molecule has 0 radical (unpaired) electrons. The van der Waals surface area contributed by atoms with Crippen LogP contribution in [0.25, 0.3) is 0 Å². The second kappa shape index (κ2) is 8.82. The summed E-state index contributed by atoms with van der Waals surface area (Å²) in [4.78, 5) is 15.3. The minimum absolute atomic E-state index is 0.0809. The van der Waals surface area contributed by atoms with Gasteiger partial charge in [-0.15, -0.1) is 0 Å². The standard InChI is InChI=1S/C20H22N6O4S/c27-26(28)18-13-16(31(29,30)25-11-5-2-6-12-25)9-10-17(18)23-19(20-21-14-22-24-20)15-7-3-1-4-8-15/h1,3-4,7-10,13-14,19,23H,2,5-6,11-12H2,(H,21,22,24)/t19-/m0/s1. The van der Waals surface area contributed by atoms with Crippen LogP contribution in [0, 0.1) is 10.1 Å². The molecule has 0 bridgehead atoms. The van der Waals surface area contributed by atoms with Crippen molar-refractivity contribution in [2.45, 2.75) is 30.2 Å². The molecule has 10 nitrogen and oxygen atoms in total. The Balaban J connectivity index is 1.70. The molecule has 1 fully saturated rings. The van der Waals surface area contributed by atoms with Crippen LogP contribution in [0.15, 0.2) is 59.8 Å². The molecule has 1 aromatic heterocycles. The van der Waals surface area contributed by atoms with Gasteiger partial charge in [0.2, 0.25) is 10.0 Å². The number of nitrogens with zero attached hydrogens (tertiary/aromatic N) is 4. The molecule has 162 valence electrons. The number of rotatable bonds is 7. The molecule has 0 aliphatic carbocycles. The van der Waals surface area contributed by atoms with Gasteiger partial charge >= 0.3 is 0 Å². The molecule has 1 saturated heterocycles. The molecular weight excluding hydrogens is 420 g/mol. The van der Waals surface area contributed by atoms with Gasteiger partial charge < -0.3 is 5.32 Å². The highest BCUT2D eigenvalue weighted by Crippen LogP contribution is 2.33. The maximum Gasteiger partial charge on any atom is 0.293 e. The number of nitro groups is 1. The van der Waals surface area contributed by atoms with Crippen LogP contribution >= 0.6 is 0 Å². The first-order chi connectivity index (χ1) is 15.0. The summed E-state index contributed by atoms with van der Waals surface area (Å²) >= 11 is 0. The first-order valence-electron chi connectivity index (χ1n) is 9.92. The lowest BCUT2D eigenvalue weighted by Crippen LogP contribution is -2.35. The van der Waals surface area contributed by atoms with Crippen LogP contribution in [-0.4, -0.2) is 45.9 Å². The average Bonchev–Trinajstić information content (AvgIpc) is 3.33. The summed E-state index contributed by atoms with van der Waals surface area (Å²) in [5, 5.41) is 21.6. The van der Waals surface area contributed by atoms with Crippen LogP contribution in [0.3, 0.4) is 0 Å². The predicted molar refractivity (Wildman–Crippen MR) is 114 cm³/mol. The second-order valence-corrected chi connectivity index (χ2v) is 9.20. The molecule has 1 aliphatic heterocycles. The summed E-state index contributed by atoms with van der Waals surface area (Å²) in [5.41, 5.74) is 0.685. The fourth-order valence-corrected chi connectivity index (χ4v) is 5.20. The Morgan fingerprint density at radius 3 is 2.48 bits per heavy atom. The first kappa shape index (κ1) is 20.9. The largest absolute Gasteiger partial charge is 0.366 e. The monoisotopic (exact) mass is 442 g/mol. The molecule has 0 spiro atoms. The molecular formula is C20H22N6O4S. The Labute approximate surface area is 179 Å². The van der Waals surface area contributed by atoms with Crippen LogP contribution in [0.5, 0.6) is 0 Å². The zero-order chi connectivity index (χ0) is 21.8. The number of piperidine rings is 1. The van der Waals surface area contributed by atoms with Gasteiger partial charge in [0.05, 0.1) is 9.82 Å².